The maximum absolute atomic E-state index is 13.2. The third kappa shape index (κ3) is 2.70. The van der Waals surface area contributed by atoms with Crippen molar-refractivity contribution in [3.63, 3.8) is 0 Å². The summed E-state index contributed by atoms with van der Waals surface area (Å²) in [4.78, 5) is 11.3. The fourth-order valence-electron chi connectivity index (χ4n) is 1.05. The summed E-state index contributed by atoms with van der Waals surface area (Å²) in [5, 5.41) is 10.9. The first-order valence-corrected chi connectivity index (χ1v) is 4.62. The molecule has 16 heavy (non-hydrogen) atoms. The molecule has 0 saturated carbocycles. The molecule has 0 saturated heterocycles. The molecule has 0 bridgehead atoms. The average molecular weight is 222 g/mol. The number of hydrogen-bond acceptors (Lipinski definition) is 3. The van der Waals surface area contributed by atoms with Gasteiger partial charge < -0.3 is 10.1 Å². The zero-order valence-corrected chi connectivity index (χ0v) is 8.95. The molecule has 0 aromatic heterocycles. The Kier molecular flexibility index (Phi) is 3.84. The Morgan fingerprint density at radius 1 is 1.62 bits per heavy atom. The number of nitriles is 1. The largest absolute Gasteiger partial charge is 0.494 e. The van der Waals surface area contributed by atoms with E-state index < -0.39 is 17.6 Å². The number of rotatable bonds is 3. The van der Waals surface area contributed by atoms with Crippen molar-refractivity contribution in [2.75, 3.05) is 12.4 Å². The smallest absolute Gasteiger partial charge is 0.241 e. The Labute approximate surface area is 92.6 Å². The van der Waals surface area contributed by atoms with Gasteiger partial charge in [-0.15, -0.1) is 0 Å². The van der Waals surface area contributed by atoms with Gasteiger partial charge in [0.25, 0.3) is 0 Å². The molecule has 5 heteroatoms. The topological polar surface area (TPSA) is 62.1 Å². The number of nitrogens with zero attached hydrogens (tertiary/aromatic N) is 1. The molecule has 0 aliphatic carbocycles. The van der Waals surface area contributed by atoms with Gasteiger partial charge in [0.15, 0.2) is 11.6 Å². The summed E-state index contributed by atoms with van der Waals surface area (Å²) in [7, 11) is 1.36. The molecule has 0 radical (unpaired) electrons. The molecule has 0 heterocycles. The average Bonchev–Trinajstić information content (AvgIpc) is 2.28. The van der Waals surface area contributed by atoms with Crippen molar-refractivity contribution in [1.29, 1.82) is 5.26 Å². The fourth-order valence-corrected chi connectivity index (χ4v) is 1.05. The molecule has 4 nitrogen and oxygen atoms in total. The highest BCUT2D eigenvalue weighted by atomic mass is 19.1. The zero-order chi connectivity index (χ0) is 12.1. The van der Waals surface area contributed by atoms with Crippen LogP contribution < -0.4 is 10.1 Å². The first-order valence-electron chi connectivity index (χ1n) is 4.62. The van der Waals surface area contributed by atoms with Crippen molar-refractivity contribution < 1.29 is 13.9 Å². The van der Waals surface area contributed by atoms with Gasteiger partial charge in [-0.25, -0.2) is 4.39 Å². The number of carbonyl (C=O) groups is 1. The van der Waals surface area contributed by atoms with Crippen LogP contribution >= 0.6 is 0 Å². The van der Waals surface area contributed by atoms with Gasteiger partial charge in [-0.3, -0.25) is 4.79 Å². The van der Waals surface area contributed by atoms with Gasteiger partial charge in [-0.2, -0.15) is 5.26 Å². The van der Waals surface area contributed by atoms with Crippen molar-refractivity contribution >= 4 is 11.6 Å². The zero-order valence-electron chi connectivity index (χ0n) is 8.95. The summed E-state index contributed by atoms with van der Waals surface area (Å²) in [5.41, 5.74) is 0.297. The van der Waals surface area contributed by atoms with Crippen LogP contribution in [0.1, 0.15) is 6.92 Å². The molecule has 1 aromatic carbocycles. The van der Waals surface area contributed by atoms with Crippen molar-refractivity contribution in [1.82, 2.24) is 0 Å². The maximum Gasteiger partial charge on any atom is 0.241 e. The minimum atomic E-state index is -0.773. The predicted molar refractivity (Wildman–Crippen MR) is 56.4 cm³/mol. The number of hydrogen-bond donors (Lipinski definition) is 1. The Morgan fingerprint density at radius 2 is 2.31 bits per heavy atom. The number of ether oxygens (including phenoxy) is 1. The Bertz CT molecular complexity index is 440. The molecule has 0 fully saturated rings. The van der Waals surface area contributed by atoms with E-state index in [0.29, 0.717) is 5.69 Å². The second kappa shape index (κ2) is 5.12. The molecule has 0 aliphatic heterocycles. The summed E-state index contributed by atoms with van der Waals surface area (Å²) < 4.78 is 18.0. The van der Waals surface area contributed by atoms with Gasteiger partial charge >= 0.3 is 0 Å². The van der Waals surface area contributed by atoms with Crippen LogP contribution in [0.25, 0.3) is 0 Å². The summed E-state index contributed by atoms with van der Waals surface area (Å²) in [5.74, 6) is -1.70. The quantitative estimate of drug-likeness (QED) is 0.849. The molecule has 84 valence electrons. The SMILES string of the molecule is COc1ccc(NC(=O)C(C)C#N)cc1F. The number of benzene rings is 1. The molecule has 0 aliphatic rings. The summed E-state index contributed by atoms with van der Waals surface area (Å²) in [6.45, 7) is 1.47. The van der Waals surface area contributed by atoms with Crippen LogP contribution in [-0.2, 0) is 4.79 Å². The lowest BCUT2D eigenvalue weighted by Crippen LogP contribution is -2.18. The van der Waals surface area contributed by atoms with E-state index in [0.717, 1.165) is 6.07 Å². The van der Waals surface area contributed by atoms with Crippen LogP contribution in [0.2, 0.25) is 0 Å². The number of methoxy groups -OCH3 is 1. The minimum absolute atomic E-state index is 0.103. The van der Waals surface area contributed by atoms with Crippen molar-refractivity contribution in [3.05, 3.63) is 24.0 Å². The number of halogens is 1. The number of anilines is 1. The highest BCUT2D eigenvalue weighted by Crippen LogP contribution is 2.20. The molecule has 1 aromatic rings. The van der Waals surface area contributed by atoms with E-state index in [4.69, 9.17) is 10.00 Å². The first-order chi connectivity index (χ1) is 7.58. The van der Waals surface area contributed by atoms with Gasteiger partial charge in [0.1, 0.15) is 5.92 Å². The second-order valence-corrected chi connectivity index (χ2v) is 3.19. The van der Waals surface area contributed by atoms with E-state index >= 15 is 0 Å². The molecule has 1 N–H and O–H groups in total. The highest BCUT2D eigenvalue weighted by molar-refractivity contribution is 5.93. The normalized spacial score (nSPS) is 11.4. The van der Waals surface area contributed by atoms with E-state index in [1.54, 1.807) is 6.07 Å². The Hall–Kier alpha value is -2.09. The lowest BCUT2D eigenvalue weighted by molar-refractivity contribution is -0.117. The van der Waals surface area contributed by atoms with Gasteiger partial charge in [0.2, 0.25) is 5.91 Å². The number of carbonyl (C=O) groups excluding carboxylic acids is 1. The van der Waals surface area contributed by atoms with Gasteiger partial charge in [-0.05, 0) is 19.1 Å². The molecular formula is C11H11FN2O2. The molecule has 1 amide bonds. The summed E-state index contributed by atoms with van der Waals surface area (Å²) >= 11 is 0. The van der Waals surface area contributed by atoms with Crippen LogP contribution in [0.4, 0.5) is 10.1 Å². The van der Waals surface area contributed by atoms with Crippen LogP contribution in [0.15, 0.2) is 18.2 Å². The van der Waals surface area contributed by atoms with E-state index in [-0.39, 0.29) is 5.75 Å². The third-order valence-electron chi connectivity index (χ3n) is 2.01. The Balaban J connectivity index is 2.80. The minimum Gasteiger partial charge on any atom is -0.494 e. The van der Waals surface area contributed by atoms with Crippen LogP contribution in [-0.4, -0.2) is 13.0 Å². The molecule has 1 rings (SSSR count). The first kappa shape index (κ1) is 12.0. The van der Waals surface area contributed by atoms with E-state index in [2.05, 4.69) is 5.32 Å². The van der Waals surface area contributed by atoms with Crippen LogP contribution in [0.3, 0.4) is 0 Å². The highest BCUT2D eigenvalue weighted by Gasteiger charge is 2.12. The van der Waals surface area contributed by atoms with Gasteiger partial charge in [0.05, 0.1) is 13.2 Å². The Morgan fingerprint density at radius 3 is 2.81 bits per heavy atom. The van der Waals surface area contributed by atoms with Crippen molar-refractivity contribution in [2.45, 2.75) is 6.92 Å². The third-order valence-corrected chi connectivity index (χ3v) is 2.01. The molecule has 0 spiro atoms. The molecular weight excluding hydrogens is 211 g/mol. The van der Waals surface area contributed by atoms with Crippen molar-refractivity contribution in [3.8, 4) is 11.8 Å². The lowest BCUT2D eigenvalue weighted by atomic mass is 10.2. The number of amides is 1. The van der Waals surface area contributed by atoms with Crippen molar-refractivity contribution in [2.24, 2.45) is 5.92 Å². The standard InChI is InChI=1S/C11H11FN2O2/c1-7(6-13)11(15)14-8-3-4-10(16-2)9(12)5-8/h3-5,7H,1-2H3,(H,14,15). The van der Waals surface area contributed by atoms with E-state index in [1.165, 1.54) is 26.2 Å². The number of nitrogens with one attached hydrogen (secondary N) is 1. The summed E-state index contributed by atoms with van der Waals surface area (Å²) in [6, 6.07) is 5.84. The lowest BCUT2D eigenvalue weighted by Gasteiger charge is -2.07. The monoisotopic (exact) mass is 222 g/mol. The van der Waals surface area contributed by atoms with E-state index in [1.807, 2.05) is 0 Å². The van der Waals surface area contributed by atoms with Gasteiger partial charge in [0, 0.05) is 11.8 Å². The second-order valence-electron chi connectivity index (χ2n) is 3.19. The van der Waals surface area contributed by atoms with Crippen LogP contribution in [0.5, 0.6) is 5.75 Å². The predicted octanol–water partition coefficient (Wildman–Crippen LogP) is 1.93. The van der Waals surface area contributed by atoms with E-state index in [9.17, 15) is 9.18 Å². The molecule has 1 atom stereocenters. The van der Waals surface area contributed by atoms with Crippen LogP contribution in [0, 0.1) is 23.1 Å². The summed E-state index contributed by atoms with van der Waals surface area (Å²) in [6.07, 6.45) is 0. The fraction of sp³-hybridized carbons (Fsp3) is 0.273. The maximum atomic E-state index is 13.2. The molecule has 1 unspecified atom stereocenters. The van der Waals surface area contributed by atoms with Gasteiger partial charge in [-0.1, -0.05) is 0 Å².